The molecule has 0 fully saturated rings. The van der Waals surface area contributed by atoms with Crippen LogP contribution in [-0.2, 0) is 0 Å². The monoisotopic (exact) mass is 483 g/mol. The number of aliphatic imine (C=N–C) groups is 1. The number of aromatic nitrogens is 2. The maximum absolute atomic E-state index is 5.52. The van der Waals surface area contributed by atoms with Crippen molar-refractivity contribution in [3.8, 4) is 45.8 Å². The van der Waals surface area contributed by atoms with E-state index in [1.807, 2.05) is 40.2 Å². The standard InChI is InChI=1S/C24H25N3O6S/c1-28-16-9-14(10-17(29-2)21(16)32-5)13-25-23-20(26-24-27(23)7-8-34-24)15-11-18(30-3)22(33-6)19(12-15)31-4/h7-13H,1-6H3. The molecule has 0 aliphatic rings. The van der Waals surface area contributed by atoms with Crippen LogP contribution in [0.3, 0.4) is 0 Å². The van der Waals surface area contributed by atoms with Gasteiger partial charge in [0, 0.05) is 28.9 Å². The summed E-state index contributed by atoms with van der Waals surface area (Å²) in [7, 11) is 9.45. The highest BCUT2D eigenvalue weighted by Gasteiger charge is 2.20. The number of nitrogens with zero attached hydrogens (tertiary/aromatic N) is 3. The van der Waals surface area contributed by atoms with E-state index in [9.17, 15) is 0 Å². The van der Waals surface area contributed by atoms with Crippen molar-refractivity contribution in [1.82, 2.24) is 9.38 Å². The summed E-state index contributed by atoms with van der Waals surface area (Å²) < 4.78 is 34.8. The number of thiazole rings is 1. The average Bonchev–Trinajstić information content (AvgIpc) is 3.47. The topological polar surface area (TPSA) is 85.0 Å². The van der Waals surface area contributed by atoms with Crippen LogP contribution in [0.4, 0.5) is 5.82 Å². The molecular weight excluding hydrogens is 458 g/mol. The lowest BCUT2D eigenvalue weighted by atomic mass is 10.1. The van der Waals surface area contributed by atoms with Gasteiger partial charge < -0.3 is 28.4 Å². The second-order valence-corrected chi connectivity index (χ2v) is 7.84. The number of ether oxygens (including phenoxy) is 6. The lowest BCUT2D eigenvalue weighted by Crippen LogP contribution is -1.97. The van der Waals surface area contributed by atoms with Crippen LogP contribution in [-0.4, -0.2) is 58.3 Å². The highest BCUT2D eigenvalue weighted by molar-refractivity contribution is 7.15. The number of methoxy groups -OCH3 is 6. The van der Waals surface area contributed by atoms with E-state index in [1.54, 1.807) is 48.9 Å². The van der Waals surface area contributed by atoms with E-state index in [1.165, 1.54) is 11.3 Å². The smallest absolute Gasteiger partial charge is 0.203 e. The molecule has 2 aromatic heterocycles. The fourth-order valence-corrected chi connectivity index (χ4v) is 4.33. The Morgan fingerprint density at radius 2 is 1.29 bits per heavy atom. The van der Waals surface area contributed by atoms with Crippen molar-refractivity contribution < 1.29 is 28.4 Å². The van der Waals surface area contributed by atoms with Crippen LogP contribution in [0.5, 0.6) is 34.5 Å². The van der Waals surface area contributed by atoms with Gasteiger partial charge in [-0.3, -0.25) is 4.40 Å². The predicted molar refractivity (Wildman–Crippen MR) is 132 cm³/mol. The zero-order chi connectivity index (χ0) is 24.2. The van der Waals surface area contributed by atoms with Gasteiger partial charge >= 0.3 is 0 Å². The molecule has 0 aliphatic carbocycles. The van der Waals surface area contributed by atoms with Crippen molar-refractivity contribution in [3.05, 3.63) is 41.4 Å². The minimum atomic E-state index is 0.511. The third kappa shape index (κ3) is 4.08. The van der Waals surface area contributed by atoms with Gasteiger partial charge in [0.2, 0.25) is 11.5 Å². The van der Waals surface area contributed by atoms with Gasteiger partial charge in [0.1, 0.15) is 5.69 Å². The van der Waals surface area contributed by atoms with Gasteiger partial charge in [-0.25, -0.2) is 9.98 Å². The van der Waals surface area contributed by atoms with E-state index in [2.05, 4.69) is 0 Å². The van der Waals surface area contributed by atoms with Gasteiger partial charge in [-0.05, 0) is 24.3 Å². The van der Waals surface area contributed by atoms with Gasteiger partial charge in [0.05, 0.1) is 42.7 Å². The molecule has 0 saturated heterocycles. The second-order valence-electron chi connectivity index (χ2n) is 6.97. The van der Waals surface area contributed by atoms with Crippen molar-refractivity contribution in [1.29, 1.82) is 0 Å². The Morgan fingerprint density at radius 1 is 0.765 bits per heavy atom. The SMILES string of the molecule is COc1cc(C=Nc2c(-c3cc(OC)c(OC)c(OC)c3)nc3sccn23)cc(OC)c1OC. The minimum Gasteiger partial charge on any atom is -0.493 e. The summed E-state index contributed by atoms with van der Waals surface area (Å²) in [6.45, 7) is 0. The molecule has 9 nitrogen and oxygen atoms in total. The van der Waals surface area contributed by atoms with Crippen molar-refractivity contribution in [3.63, 3.8) is 0 Å². The molecule has 0 N–H and O–H groups in total. The molecule has 0 saturated carbocycles. The Bertz CT molecular complexity index is 1290. The Balaban J connectivity index is 1.85. The quantitative estimate of drug-likeness (QED) is 0.314. The molecule has 2 aromatic carbocycles. The van der Waals surface area contributed by atoms with Crippen LogP contribution >= 0.6 is 11.3 Å². The maximum Gasteiger partial charge on any atom is 0.203 e. The molecule has 4 rings (SSSR count). The number of rotatable bonds is 9. The highest BCUT2D eigenvalue weighted by atomic mass is 32.1. The number of fused-ring (bicyclic) bond motifs is 1. The van der Waals surface area contributed by atoms with Gasteiger partial charge in [-0.15, -0.1) is 11.3 Å². The van der Waals surface area contributed by atoms with Crippen LogP contribution in [0.25, 0.3) is 16.2 Å². The van der Waals surface area contributed by atoms with E-state index in [-0.39, 0.29) is 0 Å². The van der Waals surface area contributed by atoms with Crippen LogP contribution in [0.1, 0.15) is 5.56 Å². The van der Waals surface area contributed by atoms with Crippen molar-refractivity contribution >= 4 is 28.3 Å². The van der Waals surface area contributed by atoms with E-state index in [0.717, 1.165) is 16.1 Å². The summed E-state index contributed by atoms with van der Waals surface area (Å²) in [6, 6.07) is 7.37. The second kappa shape index (κ2) is 9.92. The Labute approximate surface area is 201 Å². The lowest BCUT2D eigenvalue weighted by molar-refractivity contribution is 0.324. The fourth-order valence-electron chi connectivity index (χ4n) is 3.62. The van der Waals surface area contributed by atoms with E-state index in [4.69, 9.17) is 38.4 Å². The number of hydrogen-bond donors (Lipinski definition) is 0. The average molecular weight is 484 g/mol. The van der Waals surface area contributed by atoms with E-state index in [0.29, 0.717) is 46.0 Å². The molecule has 0 bridgehead atoms. The Hall–Kier alpha value is -3.92. The van der Waals surface area contributed by atoms with E-state index >= 15 is 0 Å². The molecule has 10 heteroatoms. The molecule has 4 aromatic rings. The molecule has 0 radical (unpaired) electrons. The third-order valence-electron chi connectivity index (χ3n) is 5.20. The van der Waals surface area contributed by atoms with Crippen molar-refractivity contribution in [2.45, 2.75) is 0 Å². The van der Waals surface area contributed by atoms with Gasteiger partial charge in [0.15, 0.2) is 33.8 Å². The minimum absolute atomic E-state index is 0.511. The highest BCUT2D eigenvalue weighted by Crippen LogP contribution is 2.43. The first-order chi connectivity index (χ1) is 16.6. The Morgan fingerprint density at radius 3 is 1.79 bits per heavy atom. The van der Waals surface area contributed by atoms with Crippen LogP contribution < -0.4 is 28.4 Å². The van der Waals surface area contributed by atoms with Gasteiger partial charge in [0.25, 0.3) is 0 Å². The molecule has 0 atom stereocenters. The molecule has 0 unspecified atom stereocenters. The molecule has 178 valence electrons. The molecular formula is C24H25N3O6S. The normalized spacial score (nSPS) is 11.1. The molecule has 2 heterocycles. The van der Waals surface area contributed by atoms with Gasteiger partial charge in [-0.2, -0.15) is 0 Å². The summed E-state index contributed by atoms with van der Waals surface area (Å²) in [5, 5.41) is 1.96. The summed E-state index contributed by atoms with van der Waals surface area (Å²) in [5.74, 6) is 3.84. The molecule has 0 amide bonds. The number of imidazole rings is 1. The maximum atomic E-state index is 5.52. The molecule has 0 aliphatic heterocycles. The largest absolute Gasteiger partial charge is 0.493 e. The predicted octanol–water partition coefficient (Wildman–Crippen LogP) is 4.87. The van der Waals surface area contributed by atoms with Crippen molar-refractivity contribution in [2.24, 2.45) is 4.99 Å². The molecule has 0 spiro atoms. The Kier molecular flexibility index (Phi) is 6.78. The number of benzene rings is 2. The van der Waals surface area contributed by atoms with Crippen LogP contribution in [0, 0.1) is 0 Å². The zero-order valence-electron chi connectivity index (χ0n) is 19.7. The summed E-state index contributed by atoms with van der Waals surface area (Å²) in [5.41, 5.74) is 2.23. The third-order valence-corrected chi connectivity index (χ3v) is 5.95. The van der Waals surface area contributed by atoms with Gasteiger partial charge in [-0.1, -0.05) is 0 Å². The first-order valence-electron chi connectivity index (χ1n) is 10.2. The summed E-state index contributed by atoms with van der Waals surface area (Å²) >= 11 is 1.52. The lowest BCUT2D eigenvalue weighted by Gasteiger charge is -2.13. The van der Waals surface area contributed by atoms with E-state index < -0.39 is 0 Å². The fraction of sp³-hybridized carbons (Fsp3) is 0.250. The summed E-state index contributed by atoms with van der Waals surface area (Å²) in [4.78, 5) is 10.4. The molecule has 34 heavy (non-hydrogen) atoms. The van der Waals surface area contributed by atoms with Crippen LogP contribution in [0.2, 0.25) is 0 Å². The van der Waals surface area contributed by atoms with Crippen LogP contribution in [0.15, 0.2) is 40.8 Å². The zero-order valence-corrected chi connectivity index (χ0v) is 20.6. The summed E-state index contributed by atoms with van der Waals surface area (Å²) in [6.07, 6.45) is 3.66. The first kappa shape index (κ1) is 23.2. The number of hydrogen-bond acceptors (Lipinski definition) is 9. The van der Waals surface area contributed by atoms with Crippen molar-refractivity contribution in [2.75, 3.05) is 42.7 Å². The first-order valence-corrected chi connectivity index (χ1v) is 11.1.